The topological polar surface area (TPSA) is 68.0 Å². The molecule has 4 heteroatoms. The van der Waals surface area contributed by atoms with Gasteiger partial charge >= 0.3 is 0 Å². The van der Waals surface area contributed by atoms with Gasteiger partial charge in [0, 0.05) is 18.1 Å². The average molecular weight is 255 g/mol. The Labute approximate surface area is 112 Å². The first kappa shape index (κ1) is 13.1. The fourth-order valence-electron chi connectivity index (χ4n) is 1.94. The molecule has 0 radical (unpaired) electrons. The average Bonchev–Trinajstić information content (AvgIpc) is 2.42. The van der Waals surface area contributed by atoms with E-state index in [1.54, 1.807) is 31.5 Å². The molecule has 0 aliphatic heterocycles. The van der Waals surface area contributed by atoms with E-state index in [0.29, 0.717) is 0 Å². The number of aryl methyl sites for hydroxylation is 1. The number of amides is 1. The number of para-hydroxylation sites is 1. The number of nitrogens with one attached hydrogen (secondary N) is 1. The molecule has 0 aliphatic carbocycles. The highest BCUT2D eigenvalue weighted by atomic mass is 16.1. The molecule has 1 unspecified atom stereocenters. The van der Waals surface area contributed by atoms with Gasteiger partial charge in [-0.15, -0.1) is 0 Å². The molecule has 3 N–H and O–H groups in total. The van der Waals surface area contributed by atoms with Crippen LogP contribution in [0.1, 0.15) is 18.1 Å². The molecule has 1 amide bonds. The van der Waals surface area contributed by atoms with Gasteiger partial charge in [-0.1, -0.05) is 18.2 Å². The van der Waals surface area contributed by atoms with Crippen LogP contribution in [0.25, 0.3) is 0 Å². The van der Waals surface area contributed by atoms with Crippen molar-refractivity contribution in [2.24, 2.45) is 5.73 Å². The Hall–Kier alpha value is -2.36. The van der Waals surface area contributed by atoms with Gasteiger partial charge in [-0.2, -0.15) is 0 Å². The zero-order chi connectivity index (χ0) is 13.9. The van der Waals surface area contributed by atoms with Crippen LogP contribution in [0.2, 0.25) is 0 Å². The van der Waals surface area contributed by atoms with E-state index < -0.39 is 11.4 Å². The number of pyridine rings is 1. The van der Waals surface area contributed by atoms with E-state index in [-0.39, 0.29) is 0 Å². The van der Waals surface area contributed by atoms with Crippen LogP contribution >= 0.6 is 0 Å². The van der Waals surface area contributed by atoms with E-state index in [0.717, 1.165) is 16.8 Å². The molecule has 0 bridgehead atoms. The van der Waals surface area contributed by atoms with E-state index in [4.69, 9.17) is 5.73 Å². The van der Waals surface area contributed by atoms with Crippen LogP contribution in [-0.4, -0.2) is 10.9 Å². The molecule has 2 aromatic rings. The molecule has 0 aliphatic rings. The first-order chi connectivity index (χ1) is 9.04. The minimum atomic E-state index is -0.963. The number of aromatic nitrogens is 1. The summed E-state index contributed by atoms with van der Waals surface area (Å²) in [7, 11) is 0. The molecule has 0 fully saturated rings. The lowest BCUT2D eigenvalue weighted by Gasteiger charge is -2.29. The molecular weight excluding hydrogens is 238 g/mol. The number of nitrogens with two attached hydrogens (primary N) is 1. The Kier molecular flexibility index (Phi) is 3.51. The Morgan fingerprint density at radius 2 is 1.84 bits per heavy atom. The van der Waals surface area contributed by atoms with Gasteiger partial charge in [-0.25, -0.2) is 0 Å². The summed E-state index contributed by atoms with van der Waals surface area (Å²) < 4.78 is 0. The molecule has 4 nitrogen and oxygen atoms in total. The van der Waals surface area contributed by atoms with Crippen LogP contribution < -0.4 is 11.1 Å². The summed E-state index contributed by atoms with van der Waals surface area (Å²) in [5, 5.41) is 3.24. The van der Waals surface area contributed by atoms with Gasteiger partial charge in [0.25, 0.3) is 0 Å². The third kappa shape index (κ3) is 2.57. The molecule has 2 rings (SSSR count). The van der Waals surface area contributed by atoms with Crippen molar-refractivity contribution >= 4 is 11.6 Å². The van der Waals surface area contributed by atoms with E-state index in [1.165, 1.54) is 0 Å². The van der Waals surface area contributed by atoms with Crippen molar-refractivity contribution in [3.63, 3.8) is 0 Å². The molecule has 1 aromatic heterocycles. The Morgan fingerprint density at radius 1 is 1.21 bits per heavy atom. The normalized spacial score (nSPS) is 13.6. The number of carbonyl (C=O) groups excluding carboxylic acids is 1. The Bertz CT molecular complexity index is 583. The van der Waals surface area contributed by atoms with Crippen molar-refractivity contribution in [3.05, 3.63) is 59.9 Å². The molecule has 98 valence electrons. The third-order valence-electron chi connectivity index (χ3n) is 3.28. The fourth-order valence-corrected chi connectivity index (χ4v) is 1.94. The van der Waals surface area contributed by atoms with Crippen molar-refractivity contribution in [3.8, 4) is 0 Å². The van der Waals surface area contributed by atoms with Crippen molar-refractivity contribution in [2.75, 3.05) is 5.32 Å². The lowest BCUT2D eigenvalue weighted by atomic mass is 9.91. The second-order valence-corrected chi connectivity index (χ2v) is 4.67. The first-order valence-electron chi connectivity index (χ1n) is 6.08. The summed E-state index contributed by atoms with van der Waals surface area (Å²) in [4.78, 5) is 15.8. The summed E-state index contributed by atoms with van der Waals surface area (Å²) in [6.07, 6.45) is 3.30. The number of hydrogen-bond donors (Lipinski definition) is 2. The summed E-state index contributed by atoms with van der Waals surface area (Å²) in [6.45, 7) is 3.76. The highest BCUT2D eigenvalue weighted by molar-refractivity contribution is 5.89. The largest absolute Gasteiger partial charge is 0.368 e. The summed E-state index contributed by atoms with van der Waals surface area (Å²) in [5.41, 5.74) is 7.35. The van der Waals surface area contributed by atoms with Gasteiger partial charge in [-0.3, -0.25) is 9.78 Å². The van der Waals surface area contributed by atoms with Crippen LogP contribution in [0, 0.1) is 6.92 Å². The molecule has 1 aromatic carbocycles. The Morgan fingerprint density at radius 3 is 2.42 bits per heavy atom. The van der Waals surface area contributed by atoms with Gasteiger partial charge in [0.1, 0.15) is 5.54 Å². The van der Waals surface area contributed by atoms with Crippen LogP contribution in [0.4, 0.5) is 5.69 Å². The van der Waals surface area contributed by atoms with Crippen LogP contribution in [0.3, 0.4) is 0 Å². The standard InChI is InChI=1S/C15H17N3O/c1-11-5-3-4-6-13(11)18-15(2,14(16)19)12-7-9-17-10-8-12/h3-10,18H,1-2H3,(H2,16,19). The van der Waals surface area contributed by atoms with Crippen molar-refractivity contribution < 1.29 is 4.79 Å². The predicted octanol–water partition coefficient (Wildman–Crippen LogP) is 2.20. The number of benzene rings is 1. The number of rotatable bonds is 4. The van der Waals surface area contributed by atoms with Crippen molar-refractivity contribution in [2.45, 2.75) is 19.4 Å². The highest BCUT2D eigenvalue weighted by Gasteiger charge is 2.33. The molecule has 1 atom stereocenters. The fraction of sp³-hybridized carbons (Fsp3) is 0.200. The number of primary amides is 1. The summed E-state index contributed by atoms with van der Waals surface area (Å²) in [5.74, 6) is -0.429. The minimum absolute atomic E-state index is 0.429. The zero-order valence-corrected chi connectivity index (χ0v) is 11.1. The zero-order valence-electron chi connectivity index (χ0n) is 11.1. The maximum Gasteiger partial charge on any atom is 0.247 e. The van der Waals surface area contributed by atoms with Crippen molar-refractivity contribution in [1.29, 1.82) is 0 Å². The summed E-state index contributed by atoms with van der Waals surface area (Å²) in [6, 6.07) is 11.4. The highest BCUT2D eigenvalue weighted by Crippen LogP contribution is 2.27. The maximum atomic E-state index is 11.9. The molecule has 0 spiro atoms. The summed E-state index contributed by atoms with van der Waals surface area (Å²) >= 11 is 0. The van der Waals surface area contributed by atoms with Gasteiger partial charge in [0.05, 0.1) is 0 Å². The number of anilines is 1. The van der Waals surface area contributed by atoms with Gasteiger partial charge < -0.3 is 11.1 Å². The van der Waals surface area contributed by atoms with Gasteiger partial charge in [-0.05, 0) is 43.2 Å². The Balaban J connectivity index is 2.42. The van der Waals surface area contributed by atoms with Crippen LogP contribution in [-0.2, 0) is 10.3 Å². The first-order valence-corrected chi connectivity index (χ1v) is 6.08. The second-order valence-electron chi connectivity index (χ2n) is 4.67. The predicted molar refractivity (Wildman–Crippen MR) is 75.6 cm³/mol. The van der Waals surface area contributed by atoms with Gasteiger partial charge in [0.15, 0.2) is 0 Å². The third-order valence-corrected chi connectivity index (χ3v) is 3.28. The molecule has 1 heterocycles. The lowest BCUT2D eigenvalue weighted by Crippen LogP contribution is -2.45. The quantitative estimate of drug-likeness (QED) is 0.880. The molecule has 0 saturated heterocycles. The minimum Gasteiger partial charge on any atom is -0.368 e. The number of hydrogen-bond acceptors (Lipinski definition) is 3. The maximum absolute atomic E-state index is 11.9. The van der Waals surface area contributed by atoms with E-state index in [1.807, 2.05) is 31.2 Å². The van der Waals surface area contributed by atoms with Crippen LogP contribution in [0.15, 0.2) is 48.8 Å². The second kappa shape index (κ2) is 5.10. The molecule has 0 saturated carbocycles. The van der Waals surface area contributed by atoms with E-state index in [9.17, 15) is 4.79 Å². The van der Waals surface area contributed by atoms with Crippen LogP contribution in [0.5, 0.6) is 0 Å². The van der Waals surface area contributed by atoms with E-state index >= 15 is 0 Å². The monoisotopic (exact) mass is 255 g/mol. The molecule has 19 heavy (non-hydrogen) atoms. The SMILES string of the molecule is Cc1ccccc1NC(C)(C(N)=O)c1ccncc1. The molecular formula is C15H17N3O. The number of carbonyl (C=O) groups is 1. The number of nitrogens with zero attached hydrogens (tertiary/aromatic N) is 1. The van der Waals surface area contributed by atoms with E-state index in [2.05, 4.69) is 10.3 Å². The van der Waals surface area contributed by atoms with Gasteiger partial charge in [0.2, 0.25) is 5.91 Å². The smallest absolute Gasteiger partial charge is 0.247 e. The van der Waals surface area contributed by atoms with Crippen molar-refractivity contribution in [1.82, 2.24) is 4.98 Å². The lowest BCUT2D eigenvalue weighted by molar-refractivity contribution is -0.122.